The van der Waals surface area contributed by atoms with Crippen molar-refractivity contribution in [1.82, 2.24) is 25.5 Å². The van der Waals surface area contributed by atoms with Crippen molar-refractivity contribution >= 4 is 24.2 Å². The average Bonchev–Trinajstić information content (AvgIpc) is 3.31. The summed E-state index contributed by atoms with van der Waals surface area (Å²) < 4.78 is 20.8. The van der Waals surface area contributed by atoms with Gasteiger partial charge in [0, 0.05) is 17.9 Å². The topological polar surface area (TPSA) is 64.9 Å². The highest BCUT2D eigenvalue weighted by atomic mass is 35.5. The SMILES string of the molecule is Cl.Fc1ccc(COc2ccccc2CNCCCSc2nnnn2-c2ccccc2)cc1. The van der Waals surface area contributed by atoms with Crippen LogP contribution in [0, 0.1) is 5.82 Å². The molecule has 0 fully saturated rings. The minimum atomic E-state index is -0.243. The van der Waals surface area contributed by atoms with Crippen LogP contribution in [0.15, 0.2) is 84.0 Å². The van der Waals surface area contributed by atoms with Crippen LogP contribution in [0.1, 0.15) is 17.5 Å². The zero-order valence-electron chi connectivity index (χ0n) is 17.9. The van der Waals surface area contributed by atoms with E-state index < -0.39 is 0 Å². The van der Waals surface area contributed by atoms with Crippen LogP contribution in [0.5, 0.6) is 5.75 Å². The van der Waals surface area contributed by atoms with Gasteiger partial charge in [-0.25, -0.2) is 4.39 Å². The van der Waals surface area contributed by atoms with Crippen molar-refractivity contribution in [2.45, 2.75) is 24.7 Å². The molecule has 0 saturated carbocycles. The van der Waals surface area contributed by atoms with Gasteiger partial charge in [-0.05, 0) is 59.3 Å². The Morgan fingerprint density at radius 2 is 1.70 bits per heavy atom. The average molecular weight is 486 g/mol. The van der Waals surface area contributed by atoms with Crippen molar-refractivity contribution in [1.29, 1.82) is 0 Å². The number of benzene rings is 3. The molecule has 3 aromatic carbocycles. The van der Waals surface area contributed by atoms with E-state index in [4.69, 9.17) is 4.74 Å². The number of tetrazole rings is 1. The summed E-state index contributed by atoms with van der Waals surface area (Å²) in [6.07, 6.45) is 0.977. The molecule has 1 heterocycles. The number of para-hydroxylation sites is 2. The van der Waals surface area contributed by atoms with Crippen LogP contribution in [-0.2, 0) is 13.2 Å². The molecule has 4 rings (SSSR count). The Hall–Kier alpha value is -2.94. The third-order valence-electron chi connectivity index (χ3n) is 4.77. The van der Waals surface area contributed by atoms with E-state index in [-0.39, 0.29) is 18.2 Å². The summed E-state index contributed by atoms with van der Waals surface area (Å²) in [5.41, 5.74) is 2.98. The highest BCUT2D eigenvalue weighted by Gasteiger charge is 2.08. The van der Waals surface area contributed by atoms with Crippen LogP contribution in [-0.4, -0.2) is 32.5 Å². The molecule has 0 amide bonds. The first-order valence-electron chi connectivity index (χ1n) is 10.4. The lowest BCUT2D eigenvalue weighted by Crippen LogP contribution is -2.16. The Kier molecular flexibility index (Phi) is 9.68. The molecular formula is C24H25ClFN5OS. The van der Waals surface area contributed by atoms with Crippen LogP contribution in [0.25, 0.3) is 5.69 Å². The monoisotopic (exact) mass is 485 g/mol. The van der Waals surface area contributed by atoms with Gasteiger partial charge in [0.1, 0.15) is 18.2 Å². The molecule has 1 N–H and O–H groups in total. The van der Waals surface area contributed by atoms with E-state index in [9.17, 15) is 4.39 Å². The van der Waals surface area contributed by atoms with Crippen LogP contribution < -0.4 is 10.1 Å². The number of halogens is 2. The number of nitrogens with one attached hydrogen (secondary N) is 1. The van der Waals surface area contributed by atoms with Crippen molar-refractivity contribution in [3.8, 4) is 11.4 Å². The van der Waals surface area contributed by atoms with Crippen molar-refractivity contribution in [2.24, 2.45) is 0 Å². The second-order valence-electron chi connectivity index (χ2n) is 7.11. The summed E-state index contributed by atoms with van der Waals surface area (Å²) in [6, 6.07) is 24.2. The van der Waals surface area contributed by atoms with Gasteiger partial charge in [-0.15, -0.1) is 17.5 Å². The van der Waals surface area contributed by atoms with Crippen LogP contribution in [0.2, 0.25) is 0 Å². The fourth-order valence-electron chi connectivity index (χ4n) is 3.12. The standard InChI is InChI=1S/C24H24FN5OS.ClH/c25-21-13-11-19(12-14-21)18-31-23-10-5-4-7-20(23)17-26-15-6-16-32-24-27-28-29-30(24)22-8-2-1-3-9-22;/h1-5,7-14,26H,6,15-18H2;1H. The van der Waals surface area contributed by atoms with Crippen LogP contribution >= 0.6 is 24.2 Å². The summed E-state index contributed by atoms with van der Waals surface area (Å²) in [4.78, 5) is 0. The van der Waals surface area contributed by atoms with E-state index in [1.165, 1.54) is 12.1 Å². The second kappa shape index (κ2) is 12.9. The normalized spacial score (nSPS) is 10.6. The summed E-state index contributed by atoms with van der Waals surface area (Å²) in [5.74, 6) is 1.50. The van der Waals surface area contributed by atoms with Gasteiger partial charge in [0.25, 0.3) is 0 Å². The Morgan fingerprint density at radius 1 is 0.939 bits per heavy atom. The van der Waals surface area contributed by atoms with Crippen LogP contribution in [0.3, 0.4) is 0 Å². The molecule has 0 bridgehead atoms. The zero-order valence-corrected chi connectivity index (χ0v) is 19.6. The predicted octanol–water partition coefficient (Wildman–Crippen LogP) is 5.07. The first-order valence-corrected chi connectivity index (χ1v) is 11.4. The lowest BCUT2D eigenvalue weighted by atomic mass is 10.2. The summed E-state index contributed by atoms with van der Waals surface area (Å²) >= 11 is 1.64. The molecule has 0 saturated heterocycles. The second-order valence-corrected chi connectivity index (χ2v) is 8.17. The molecule has 0 atom stereocenters. The number of nitrogens with zero attached hydrogens (tertiary/aromatic N) is 4. The fraction of sp³-hybridized carbons (Fsp3) is 0.208. The van der Waals surface area contributed by atoms with Gasteiger partial charge in [-0.1, -0.05) is 60.3 Å². The van der Waals surface area contributed by atoms with Crippen LogP contribution in [0.4, 0.5) is 4.39 Å². The van der Waals surface area contributed by atoms with Gasteiger partial charge in [-0.3, -0.25) is 0 Å². The summed E-state index contributed by atoms with van der Waals surface area (Å²) in [5, 5.41) is 16.3. The van der Waals surface area contributed by atoms with Gasteiger partial charge >= 0.3 is 0 Å². The highest BCUT2D eigenvalue weighted by molar-refractivity contribution is 7.99. The third kappa shape index (κ3) is 7.28. The van der Waals surface area contributed by atoms with Crippen molar-refractivity contribution < 1.29 is 9.13 Å². The molecule has 0 aliphatic heterocycles. The fourth-order valence-corrected chi connectivity index (χ4v) is 3.95. The molecule has 172 valence electrons. The van der Waals surface area contributed by atoms with Gasteiger partial charge in [0.05, 0.1) is 5.69 Å². The molecule has 0 unspecified atom stereocenters. The maximum Gasteiger partial charge on any atom is 0.214 e. The highest BCUT2D eigenvalue weighted by Crippen LogP contribution is 2.20. The van der Waals surface area contributed by atoms with E-state index >= 15 is 0 Å². The van der Waals surface area contributed by atoms with Crippen molar-refractivity contribution in [3.05, 3.63) is 95.8 Å². The molecule has 33 heavy (non-hydrogen) atoms. The minimum Gasteiger partial charge on any atom is -0.489 e. The Labute approximate surface area is 203 Å². The first-order chi connectivity index (χ1) is 15.8. The van der Waals surface area contributed by atoms with Gasteiger partial charge in [0.15, 0.2) is 0 Å². The quantitative estimate of drug-likeness (QED) is 0.236. The van der Waals surface area contributed by atoms with E-state index in [2.05, 4.69) is 26.9 Å². The Balaban J connectivity index is 0.00000306. The Morgan fingerprint density at radius 3 is 2.52 bits per heavy atom. The van der Waals surface area contributed by atoms with Gasteiger partial charge in [-0.2, -0.15) is 4.68 Å². The smallest absolute Gasteiger partial charge is 0.214 e. The molecule has 6 nitrogen and oxygen atoms in total. The van der Waals surface area contributed by atoms with Crippen molar-refractivity contribution in [2.75, 3.05) is 12.3 Å². The summed E-state index contributed by atoms with van der Waals surface area (Å²) in [6.45, 7) is 1.99. The van der Waals surface area contributed by atoms with Crippen molar-refractivity contribution in [3.63, 3.8) is 0 Å². The lowest BCUT2D eigenvalue weighted by molar-refractivity contribution is 0.302. The summed E-state index contributed by atoms with van der Waals surface area (Å²) in [7, 11) is 0. The van der Waals surface area contributed by atoms with E-state index in [0.29, 0.717) is 13.2 Å². The maximum atomic E-state index is 13.1. The molecule has 0 aliphatic rings. The largest absolute Gasteiger partial charge is 0.489 e. The zero-order chi connectivity index (χ0) is 22.0. The molecular weight excluding hydrogens is 461 g/mol. The number of hydrogen-bond donors (Lipinski definition) is 1. The predicted molar refractivity (Wildman–Crippen MR) is 131 cm³/mol. The van der Waals surface area contributed by atoms with Gasteiger partial charge < -0.3 is 10.1 Å². The van der Waals surface area contributed by atoms with E-state index in [1.54, 1.807) is 28.6 Å². The third-order valence-corrected chi connectivity index (χ3v) is 5.77. The van der Waals surface area contributed by atoms with Gasteiger partial charge in [0.2, 0.25) is 5.16 Å². The lowest BCUT2D eigenvalue weighted by Gasteiger charge is -2.12. The molecule has 0 radical (unpaired) electrons. The number of thioether (sulfide) groups is 1. The number of rotatable bonds is 11. The molecule has 9 heteroatoms. The molecule has 1 aromatic heterocycles. The maximum absolute atomic E-state index is 13.1. The molecule has 0 spiro atoms. The molecule has 0 aliphatic carbocycles. The number of ether oxygens (including phenoxy) is 1. The molecule has 4 aromatic rings. The first kappa shape index (κ1) is 24.7. The number of hydrogen-bond acceptors (Lipinski definition) is 6. The Bertz CT molecular complexity index is 1110. The minimum absolute atomic E-state index is 0. The number of aromatic nitrogens is 4. The van der Waals surface area contributed by atoms with E-state index in [1.807, 2.05) is 48.5 Å². The van der Waals surface area contributed by atoms with E-state index in [0.717, 1.165) is 46.4 Å².